The average molecular weight is 352 g/mol. The Morgan fingerprint density at radius 3 is 2.75 bits per heavy atom. The van der Waals surface area contributed by atoms with Crippen LogP contribution in [0.1, 0.15) is 54.6 Å². The van der Waals surface area contributed by atoms with Crippen molar-refractivity contribution in [3.8, 4) is 0 Å². The van der Waals surface area contributed by atoms with Crippen molar-refractivity contribution in [1.29, 1.82) is 0 Å². The van der Waals surface area contributed by atoms with E-state index < -0.39 is 0 Å². The smallest absolute Gasteiger partial charge is 0.256 e. The third-order valence-corrected chi connectivity index (χ3v) is 4.45. The summed E-state index contributed by atoms with van der Waals surface area (Å²) in [6.45, 7) is 3.34. The maximum atomic E-state index is 12.3. The highest BCUT2D eigenvalue weighted by Gasteiger charge is 2.14. The highest BCUT2D eigenvalue weighted by atomic mass is 35.5. The number of aromatic nitrogens is 3. The van der Waals surface area contributed by atoms with E-state index in [1.54, 1.807) is 10.7 Å². The molecule has 0 radical (unpaired) electrons. The predicted molar refractivity (Wildman–Crippen MR) is 96.8 cm³/mol. The number of halogens is 1. The molecule has 0 aliphatic heterocycles. The van der Waals surface area contributed by atoms with E-state index in [0.29, 0.717) is 23.8 Å². The molecule has 132 valence electrons. The first-order chi connectivity index (χ1) is 11.2. The Bertz CT molecular complexity index is 664. The van der Waals surface area contributed by atoms with Gasteiger partial charge in [-0.05, 0) is 25.8 Å². The van der Waals surface area contributed by atoms with E-state index in [-0.39, 0.29) is 18.3 Å². The van der Waals surface area contributed by atoms with Crippen molar-refractivity contribution >= 4 is 24.0 Å². The number of carbonyl (C=O) groups excluding carboxylic acids is 1. The molecule has 2 aromatic rings. The van der Waals surface area contributed by atoms with E-state index in [9.17, 15) is 4.79 Å². The summed E-state index contributed by atoms with van der Waals surface area (Å²) in [5.41, 5.74) is 2.02. The molecule has 1 amide bonds. The SMILES string of the molecule is Cc1ccn2ncc(C(=O)NCCNC3CCCCCC3)c2n1.Cl. The molecule has 7 heteroatoms. The third kappa shape index (κ3) is 4.68. The molecular formula is C17H26ClN5O. The van der Waals surface area contributed by atoms with Crippen LogP contribution in [0.3, 0.4) is 0 Å². The number of nitrogens with zero attached hydrogens (tertiary/aromatic N) is 3. The van der Waals surface area contributed by atoms with Gasteiger partial charge in [0, 0.05) is 31.0 Å². The van der Waals surface area contributed by atoms with Crippen LogP contribution in [0, 0.1) is 6.92 Å². The van der Waals surface area contributed by atoms with Crippen molar-refractivity contribution < 1.29 is 4.79 Å². The first kappa shape index (κ1) is 18.7. The van der Waals surface area contributed by atoms with Crippen LogP contribution in [-0.2, 0) is 0 Å². The van der Waals surface area contributed by atoms with Crippen LogP contribution < -0.4 is 10.6 Å². The molecule has 0 saturated heterocycles. The summed E-state index contributed by atoms with van der Waals surface area (Å²) >= 11 is 0. The van der Waals surface area contributed by atoms with Crippen molar-refractivity contribution in [2.45, 2.75) is 51.5 Å². The van der Waals surface area contributed by atoms with Crippen molar-refractivity contribution in [3.63, 3.8) is 0 Å². The second-order valence-corrected chi connectivity index (χ2v) is 6.29. The summed E-state index contributed by atoms with van der Waals surface area (Å²) < 4.78 is 1.63. The predicted octanol–water partition coefficient (Wildman–Crippen LogP) is 2.50. The Morgan fingerprint density at radius 1 is 1.25 bits per heavy atom. The van der Waals surface area contributed by atoms with Gasteiger partial charge in [-0.3, -0.25) is 4.79 Å². The molecule has 2 aromatic heterocycles. The second kappa shape index (κ2) is 8.99. The summed E-state index contributed by atoms with van der Waals surface area (Å²) in [6.07, 6.45) is 11.3. The molecule has 2 N–H and O–H groups in total. The van der Waals surface area contributed by atoms with E-state index in [2.05, 4.69) is 20.7 Å². The first-order valence-electron chi connectivity index (χ1n) is 8.56. The molecule has 1 aliphatic carbocycles. The van der Waals surface area contributed by atoms with Crippen molar-refractivity contribution in [1.82, 2.24) is 25.2 Å². The Labute approximate surface area is 148 Å². The monoisotopic (exact) mass is 351 g/mol. The number of amides is 1. The minimum Gasteiger partial charge on any atom is -0.351 e. The third-order valence-electron chi connectivity index (χ3n) is 4.45. The normalized spacial score (nSPS) is 15.7. The molecule has 1 fully saturated rings. The number of fused-ring (bicyclic) bond motifs is 1. The summed E-state index contributed by atoms with van der Waals surface area (Å²) in [7, 11) is 0. The number of hydrogen-bond donors (Lipinski definition) is 2. The number of rotatable bonds is 5. The Morgan fingerprint density at radius 2 is 2.00 bits per heavy atom. The molecule has 0 aromatic carbocycles. The van der Waals surface area contributed by atoms with Gasteiger partial charge >= 0.3 is 0 Å². The van der Waals surface area contributed by atoms with Crippen LogP contribution in [0.4, 0.5) is 0 Å². The van der Waals surface area contributed by atoms with Crippen molar-refractivity contribution in [2.75, 3.05) is 13.1 Å². The molecule has 0 atom stereocenters. The van der Waals surface area contributed by atoms with Crippen LogP contribution in [0.2, 0.25) is 0 Å². The summed E-state index contributed by atoms with van der Waals surface area (Å²) in [5, 5.41) is 10.7. The maximum Gasteiger partial charge on any atom is 0.256 e. The molecule has 0 bridgehead atoms. The fourth-order valence-electron chi connectivity index (χ4n) is 3.15. The molecule has 0 unspecified atom stereocenters. The molecule has 2 heterocycles. The zero-order chi connectivity index (χ0) is 16.1. The van der Waals surface area contributed by atoms with Crippen LogP contribution in [0.25, 0.3) is 5.65 Å². The van der Waals surface area contributed by atoms with Gasteiger partial charge in [0.25, 0.3) is 5.91 Å². The van der Waals surface area contributed by atoms with Gasteiger partial charge in [-0.15, -0.1) is 12.4 Å². The fourth-order valence-corrected chi connectivity index (χ4v) is 3.15. The number of hydrogen-bond acceptors (Lipinski definition) is 4. The Hall–Kier alpha value is -1.66. The van der Waals surface area contributed by atoms with Crippen LogP contribution in [0.15, 0.2) is 18.5 Å². The molecular weight excluding hydrogens is 326 g/mol. The minimum absolute atomic E-state index is 0. The van der Waals surface area contributed by atoms with Gasteiger partial charge in [-0.25, -0.2) is 9.50 Å². The van der Waals surface area contributed by atoms with Crippen LogP contribution >= 0.6 is 12.4 Å². The van der Waals surface area contributed by atoms with E-state index in [0.717, 1.165) is 12.2 Å². The fraction of sp³-hybridized carbons (Fsp3) is 0.588. The van der Waals surface area contributed by atoms with Crippen LogP contribution in [0.5, 0.6) is 0 Å². The Kier molecular flexibility index (Phi) is 6.99. The first-order valence-corrected chi connectivity index (χ1v) is 8.56. The van der Waals surface area contributed by atoms with Gasteiger partial charge in [0.15, 0.2) is 5.65 Å². The number of nitrogens with one attached hydrogen (secondary N) is 2. The average Bonchev–Trinajstić information content (AvgIpc) is 2.78. The van der Waals surface area contributed by atoms with Crippen molar-refractivity contribution in [3.05, 3.63) is 29.7 Å². The van der Waals surface area contributed by atoms with Gasteiger partial charge in [0.1, 0.15) is 5.56 Å². The van der Waals surface area contributed by atoms with Gasteiger partial charge in [-0.1, -0.05) is 25.7 Å². The quantitative estimate of drug-likeness (QED) is 0.641. The zero-order valence-electron chi connectivity index (χ0n) is 14.1. The van der Waals surface area contributed by atoms with Crippen LogP contribution in [-0.4, -0.2) is 39.6 Å². The highest BCUT2D eigenvalue weighted by Crippen LogP contribution is 2.16. The van der Waals surface area contributed by atoms with E-state index in [4.69, 9.17) is 0 Å². The summed E-state index contributed by atoms with van der Waals surface area (Å²) in [5.74, 6) is -0.110. The summed E-state index contributed by atoms with van der Waals surface area (Å²) in [4.78, 5) is 16.7. The lowest BCUT2D eigenvalue weighted by Crippen LogP contribution is -2.36. The van der Waals surface area contributed by atoms with E-state index in [1.807, 2.05) is 19.2 Å². The van der Waals surface area contributed by atoms with E-state index in [1.165, 1.54) is 38.5 Å². The zero-order valence-corrected chi connectivity index (χ0v) is 14.9. The van der Waals surface area contributed by atoms with Gasteiger partial charge in [0.05, 0.1) is 6.20 Å². The second-order valence-electron chi connectivity index (χ2n) is 6.29. The molecule has 1 saturated carbocycles. The van der Waals surface area contributed by atoms with Gasteiger partial charge in [0.2, 0.25) is 0 Å². The standard InChI is InChI=1S/C17H25N5O.ClH/c1-13-8-11-22-16(21-13)15(12-20-22)17(23)19-10-9-18-14-6-4-2-3-5-7-14;/h8,11-12,14,18H,2-7,9-10H2,1H3,(H,19,23);1H. The number of aryl methyl sites for hydroxylation is 1. The van der Waals surface area contributed by atoms with Gasteiger partial charge in [-0.2, -0.15) is 5.10 Å². The number of carbonyl (C=O) groups is 1. The van der Waals surface area contributed by atoms with Crippen molar-refractivity contribution in [2.24, 2.45) is 0 Å². The molecule has 3 rings (SSSR count). The minimum atomic E-state index is -0.110. The molecule has 6 nitrogen and oxygen atoms in total. The molecule has 24 heavy (non-hydrogen) atoms. The molecule has 0 spiro atoms. The lowest BCUT2D eigenvalue weighted by molar-refractivity contribution is 0.0955. The largest absolute Gasteiger partial charge is 0.351 e. The highest BCUT2D eigenvalue weighted by molar-refractivity contribution is 5.99. The molecule has 1 aliphatic rings. The maximum absolute atomic E-state index is 12.3. The topological polar surface area (TPSA) is 71.3 Å². The Balaban J connectivity index is 0.00000208. The summed E-state index contributed by atoms with van der Waals surface area (Å²) in [6, 6.07) is 2.48. The lowest BCUT2D eigenvalue weighted by atomic mass is 10.1. The van der Waals surface area contributed by atoms with Gasteiger partial charge < -0.3 is 10.6 Å². The lowest BCUT2D eigenvalue weighted by Gasteiger charge is -2.16. The van der Waals surface area contributed by atoms with E-state index >= 15 is 0 Å².